The topological polar surface area (TPSA) is 112 Å². The fourth-order valence-corrected chi connectivity index (χ4v) is 4.69. The summed E-state index contributed by atoms with van der Waals surface area (Å²) in [5.41, 5.74) is 0.332. The van der Waals surface area contributed by atoms with Gasteiger partial charge in [-0.2, -0.15) is 5.10 Å². The molecule has 3 saturated carbocycles. The molecule has 9 heteroatoms. The molecule has 2 bridgehead atoms. The van der Waals surface area contributed by atoms with Crippen LogP contribution in [0.3, 0.4) is 0 Å². The van der Waals surface area contributed by atoms with Crippen LogP contribution in [0.15, 0.2) is 18.3 Å². The SMILES string of the molecule is COC(=O)c1cc(C(=O)NCC23CCC(C(=O)OC)(CC2)CC3)n2nccc2n1. The van der Waals surface area contributed by atoms with Crippen LogP contribution in [0.2, 0.25) is 0 Å². The van der Waals surface area contributed by atoms with Gasteiger partial charge in [-0.05, 0) is 43.9 Å². The lowest BCUT2D eigenvalue weighted by atomic mass is 9.53. The van der Waals surface area contributed by atoms with E-state index in [1.165, 1.54) is 31.0 Å². The van der Waals surface area contributed by atoms with E-state index in [1.807, 2.05) is 0 Å². The maximum atomic E-state index is 12.9. The predicted octanol–water partition coefficient (Wildman–Crippen LogP) is 1.76. The summed E-state index contributed by atoms with van der Waals surface area (Å²) in [5.74, 6) is -1.04. The van der Waals surface area contributed by atoms with Crippen molar-refractivity contribution in [1.29, 1.82) is 0 Å². The number of ether oxygens (including phenoxy) is 2. The minimum absolute atomic E-state index is 0.00707. The van der Waals surface area contributed by atoms with E-state index in [0.29, 0.717) is 12.2 Å². The van der Waals surface area contributed by atoms with Gasteiger partial charge in [-0.1, -0.05) is 0 Å². The summed E-state index contributed by atoms with van der Waals surface area (Å²) in [4.78, 5) is 41.1. The zero-order chi connectivity index (χ0) is 20.6. The van der Waals surface area contributed by atoms with Crippen LogP contribution in [0, 0.1) is 10.8 Å². The molecule has 3 aliphatic carbocycles. The van der Waals surface area contributed by atoms with Crippen LogP contribution >= 0.6 is 0 Å². The molecule has 0 aromatic carbocycles. The number of carbonyl (C=O) groups excluding carboxylic acids is 3. The molecule has 2 aromatic heterocycles. The van der Waals surface area contributed by atoms with Crippen molar-refractivity contribution < 1.29 is 23.9 Å². The van der Waals surface area contributed by atoms with E-state index in [9.17, 15) is 14.4 Å². The van der Waals surface area contributed by atoms with Crippen LogP contribution in [0.1, 0.15) is 59.5 Å². The summed E-state index contributed by atoms with van der Waals surface area (Å²) in [6, 6.07) is 3.01. The van der Waals surface area contributed by atoms with Gasteiger partial charge in [0.2, 0.25) is 0 Å². The third-order valence-corrected chi connectivity index (χ3v) is 6.63. The van der Waals surface area contributed by atoms with Crippen molar-refractivity contribution >= 4 is 23.5 Å². The summed E-state index contributed by atoms with van der Waals surface area (Å²) in [5, 5.41) is 7.14. The highest BCUT2D eigenvalue weighted by molar-refractivity contribution is 5.96. The number of esters is 2. The first-order chi connectivity index (χ1) is 13.9. The van der Waals surface area contributed by atoms with Crippen molar-refractivity contribution in [3.05, 3.63) is 29.7 Å². The molecule has 3 fully saturated rings. The highest BCUT2D eigenvalue weighted by Crippen LogP contribution is 2.57. The summed E-state index contributed by atoms with van der Waals surface area (Å²) < 4.78 is 11.1. The third kappa shape index (κ3) is 3.24. The Kier molecular flexibility index (Phi) is 4.76. The number of fused-ring (bicyclic) bond motifs is 4. The Morgan fingerprint density at radius 3 is 2.41 bits per heavy atom. The maximum absolute atomic E-state index is 12.9. The van der Waals surface area contributed by atoms with Gasteiger partial charge in [-0.3, -0.25) is 9.59 Å². The highest BCUT2D eigenvalue weighted by atomic mass is 16.5. The van der Waals surface area contributed by atoms with Crippen LogP contribution < -0.4 is 5.32 Å². The lowest BCUT2D eigenvalue weighted by molar-refractivity contribution is -0.162. The monoisotopic (exact) mass is 400 g/mol. The van der Waals surface area contributed by atoms with Crippen LogP contribution in [-0.4, -0.2) is 53.2 Å². The molecule has 9 nitrogen and oxygen atoms in total. The number of hydrogen-bond donors (Lipinski definition) is 1. The Bertz CT molecular complexity index is 958. The Morgan fingerprint density at radius 1 is 1.10 bits per heavy atom. The molecular formula is C20H24N4O5. The number of nitrogens with one attached hydrogen (secondary N) is 1. The van der Waals surface area contributed by atoms with Crippen LogP contribution in [-0.2, 0) is 14.3 Å². The summed E-state index contributed by atoms with van der Waals surface area (Å²) in [6.07, 6.45) is 6.53. The number of methoxy groups -OCH3 is 2. The van der Waals surface area contributed by atoms with Crippen molar-refractivity contribution in [2.75, 3.05) is 20.8 Å². The number of hydrogen-bond acceptors (Lipinski definition) is 7. The first-order valence-corrected chi connectivity index (χ1v) is 9.72. The highest BCUT2D eigenvalue weighted by Gasteiger charge is 2.53. The molecule has 0 aliphatic heterocycles. The van der Waals surface area contributed by atoms with Crippen molar-refractivity contribution in [3.63, 3.8) is 0 Å². The summed E-state index contributed by atoms with van der Waals surface area (Å²) in [7, 11) is 2.71. The number of amides is 1. The number of nitrogens with zero attached hydrogens (tertiary/aromatic N) is 3. The van der Waals surface area contributed by atoms with Crippen molar-refractivity contribution in [3.8, 4) is 0 Å². The molecular weight excluding hydrogens is 376 g/mol. The summed E-state index contributed by atoms with van der Waals surface area (Å²) in [6.45, 7) is 0.516. The summed E-state index contributed by atoms with van der Waals surface area (Å²) >= 11 is 0. The standard InChI is InChI=1S/C20H24N4O5/c1-28-17(26)13-11-14(24-15(23-13)3-10-22-24)16(25)21-12-19-4-7-20(8-5-19,9-6-19)18(27)29-2/h3,10-11H,4-9,12H2,1-2H3,(H,21,25). The van der Waals surface area contributed by atoms with Crippen LogP contribution in [0.25, 0.3) is 5.65 Å². The van der Waals surface area contributed by atoms with E-state index in [-0.39, 0.29) is 34.1 Å². The largest absolute Gasteiger partial charge is 0.469 e. The number of aromatic nitrogens is 3. The Hall–Kier alpha value is -2.97. The van der Waals surface area contributed by atoms with E-state index < -0.39 is 5.97 Å². The molecule has 0 saturated heterocycles. The molecule has 29 heavy (non-hydrogen) atoms. The first kappa shape index (κ1) is 19.4. The van der Waals surface area contributed by atoms with E-state index in [4.69, 9.17) is 9.47 Å². The smallest absolute Gasteiger partial charge is 0.356 e. The van der Waals surface area contributed by atoms with Gasteiger partial charge >= 0.3 is 11.9 Å². The minimum Gasteiger partial charge on any atom is -0.469 e. The van der Waals surface area contributed by atoms with Gasteiger partial charge in [-0.15, -0.1) is 0 Å². The first-order valence-electron chi connectivity index (χ1n) is 9.72. The third-order valence-electron chi connectivity index (χ3n) is 6.63. The van der Waals surface area contributed by atoms with Crippen molar-refractivity contribution in [1.82, 2.24) is 19.9 Å². The Balaban J connectivity index is 1.49. The molecule has 2 heterocycles. The van der Waals surface area contributed by atoms with Gasteiger partial charge in [0.15, 0.2) is 11.3 Å². The molecule has 2 aromatic rings. The maximum Gasteiger partial charge on any atom is 0.356 e. The predicted molar refractivity (Wildman–Crippen MR) is 101 cm³/mol. The van der Waals surface area contributed by atoms with E-state index >= 15 is 0 Å². The second-order valence-corrected chi connectivity index (χ2v) is 8.07. The Morgan fingerprint density at radius 2 is 1.79 bits per heavy atom. The van der Waals surface area contributed by atoms with E-state index in [2.05, 4.69) is 15.4 Å². The normalized spacial score (nSPS) is 25.6. The number of carbonyl (C=O) groups is 3. The molecule has 3 aliphatic rings. The van der Waals surface area contributed by atoms with Gasteiger partial charge in [0.1, 0.15) is 5.69 Å². The molecule has 154 valence electrons. The molecule has 1 N–H and O–H groups in total. The molecule has 0 spiro atoms. The van der Waals surface area contributed by atoms with Gasteiger partial charge < -0.3 is 14.8 Å². The lowest BCUT2D eigenvalue weighted by Crippen LogP contribution is -2.50. The molecule has 5 rings (SSSR count). The van der Waals surface area contributed by atoms with Gasteiger partial charge in [0.25, 0.3) is 5.91 Å². The van der Waals surface area contributed by atoms with Crippen molar-refractivity contribution in [2.24, 2.45) is 10.8 Å². The quantitative estimate of drug-likeness (QED) is 0.761. The fraction of sp³-hybridized carbons (Fsp3) is 0.550. The zero-order valence-corrected chi connectivity index (χ0v) is 16.6. The second kappa shape index (κ2) is 7.13. The molecule has 0 unspecified atom stereocenters. The van der Waals surface area contributed by atoms with Crippen molar-refractivity contribution in [2.45, 2.75) is 38.5 Å². The molecule has 0 radical (unpaired) electrons. The van der Waals surface area contributed by atoms with Gasteiger partial charge in [0, 0.05) is 18.7 Å². The van der Waals surface area contributed by atoms with Crippen LogP contribution in [0.4, 0.5) is 0 Å². The molecule has 1 amide bonds. The minimum atomic E-state index is -0.611. The van der Waals surface area contributed by atoms with Crippen LogP contribution in [0.5, 0.6) is 0 Å². The fourth-order valence-electron chi connectivity index (χ4n) is 4.69. The van der Waals surface area contributed by atoms with Gasteiger partial charge in [0.05, 0.1) is 25.8 Å². The number of rotatable bonds is 5. The Labute approximate surface area is 167 Å². The van der Waals surface area contributed by atoms with Gasteiger partial charge in [-0.25, -0.2) is 14.3 Å². The lowest BCUT2D eigenvalue weighted by Gasteiger charge is -2.51. The second-order valence-electron chi connectivity index (χ2n) is 8.07. The zero-order valence-electron chi connectivity index (χ0n) is 16.6. The average Bonchev–Trinajstić information content (AvgIpc) is 3.25. The van der Waals surface area contributed by atoms with E-state index in [0.717, 1.165) is 38.5 Å². The van der Waals surface area contributed by atoms with E-state index in [1.54, 1.807) is 6.07 Å². The average molecular weight is 400 g/mol. The molecule has 0 atom stereocenters.